The third-order valence-corrected chi connectivity index (χ3v) is 4.44. The van der Waals surface area contributed by atoms with E-state index in [0.717, 1.165) is 10.1 Å². The molecule has 3 rings (SSSR count). The van der Waals surface area contributed by atoms with E-state index in [1.54, 1.807) is 0 Å². The van der Waals surface area contributed by atoms with Crippen molar-refractivity contribution in [2.75, 3.05) is 0 Å². The third kappa shape index (κ3) is 2.55. The molecule has 0 spiro atoms. The summed E-state index contributed by atoms with van der Waals surface area (Å²) in [6.07, 6.45) is 2.72. The van der Waals surface area contributed by atoms with Crippen molar-refractivity contribution in [3.8, 4) is 0 Å². The topological polar surface area (TPSA) is 72.2 Å². The zero-order valence-electron chi connectivity index (χ0n) is 10.6. The van der Waals surface area contributed by atoms with Crippen LogP contribution in [0.3, 0.4) is 0 Å². The van der Waals surface area contributed by atoms with E-state index in [4.69, 9.17) is 11.6 Å². The van der Waals surface area contributed by atoms with Gasteiger partial charge in [-0.25, -0.2) is 14.6 Å². The molecule has 0 unspecified atom stereocenters. The Hall–Kier alpha value is -2.18. The van der Waals surface area contributed by atoms with Crippen molar-refractivity contribution in [2.24, 2.45) is 0 Å². The van der Waals surface area contributed by atoms with Gasteiger partial charge < -0.3 is 5.11 Å². The maximum atomic E-state index is 11.8. The van der Waals surface area contributed by atoms with Crippen LogP contribution in [0.15, 0.2) is 41.5 Å². The van der Waals surface area contributed by atoms with Gasteiger partial charge in [0, 0.05) is 16.5 Å². The summed E-state index contributed by atoms with van der Waals surface area (Å²) in [6.45, 7) is 0.123. The van der Waals surface area contributed by atoms with Crippen molar-refractivity contribution < 1.29 is 9.90 Å². The Morgan fingerprint density at radius 1 is 1.38 bits per heavy atom. The molecular formula is C14H9ClN2O3S. The van der Waals surface area contributed by atoms with Crippen LogP contribution in [0.5, 0.6) is 0 Å². The lowest BCUT2D eigenvalue weighted by molar-refractivity contribution is 0.0701. The average molecular weight is 321 g/mol. The van der Waals surface area contributed by atoms with Crippen LogP contribution in [0.25, 0.3) is 10.1 Å². The van der Waals surface area contributed by atoms with Gasteiger partial charge in [0.05, 0.1) is 17.8 Å². The summed E-state index contributed by atoms with van der Waals surface area (Å²) in [5.74, 6) is -1.01. The number of aromatic nitrogens is 2. The van der Waals surface area contributed by atoms with Gasteiger partial charge >= 0.3 is 11.7 Å². The first-order valence-electron chi connectivity index (χ1n) is 6.02. The predicted molar refractivity (Wildman–Crippen MR) is 81.4 cm³/mol. The first-order valence-corrected chi connectivity index (χ1v) is 7.21. The minimum Gasteiger partial charge on any atom is -0.477 e. The highest BCUT2D eigenvalue weighted by molar-refractivity contribution is 7.21. The van der Waals surface area contributed by atoms with Gasteiger partial charge in [0.1, 0.15) is 4.88 Å². The van der Waals surface area contributed by atoms with E-state index in [9.17, 15) is 14.7 Å². The van der Waals surface area contributed by atoms with E-state index in [1.807, 2.05) is 24.3 Å². The Bertz CT molecular complexity index is 901. The standard InChI is InChI=1S/C14H9ClN2O3S/c15-8-5-16-14(20)17(6-8)7-10-9-3-1-2-4-11(9)21-12(10)13(18)19/h1-6H,7H2,(H,18,19). The Kier molecular flexibility index (Phi) is 3.48. The second-order valence-electron chi connectivity index (χ2n) is 4.39. The van der Waals surface area contributed by atoms with Crippen molar-refractivity contribution in [2.45, 2.75) is 6.54 Å². The molecule has 1 N–H and O–H groups in total. The third-order valence-electron chi connectivity index (χ3n) is 3.04. The molecule has 2 aromatic heterocycles. The predicted octanol–water partition coefficient (Wildman–Crippen LogP) is 2.86. The molecule has 5 nitrogen and oxygen atoms in total. The minimum absolute atomic E-state index is 0.123. The van der Waals surface area contributed by atoms with Gasteiger partial charge in [0.2, 0.25) is 0 Å². The van der Waals surface area contributed by atoms with Crippen LogP contribution in [-0.4, -0.2) is 20.6 Å². The molecule has 0 fully saturated rings. The van der Waals surface area contributed by atoms with Gasteiger partial charge in [0.15, 0.2) is 0 Å². The number of hydrogen-bond donors (Lipinski definition) is 1. The normalized spacial score (nSPS) is 10.9. The first kappa shape index (κ1) is 13.8. The summed E-state index contributed by atoms with van der Waals surface area (Å²) >= 11 is 7.03. The minimum atomic E-state index is -1.01. The van der Waals surface area contributed by atoms with E-state index in [0.29, 0.717) is 10.6 Å². The molecule has 0 radical (unpaired) electrons. The maximum absolute atomic E-state index is 11.8. The molecular weight excluding hydrogens is 312 g/mol. The van der Waals surface area contributed by atoms with Gasteiger partial charge in [-0.05, 0) is 11.5 Å². The van der Waals surface area contributed by atoms with E-state index >= 15 is 0 Å². The number of nitrogens with zero attached hydrogens (tertiary/aromatic N) is 2. The maximum Gasteiger partial charge on any atom is 0.347 e. The molecule has 1 aromatic carbocycles. The highest BCUT2D eigenvalue weighted by Crippen LogP contribution is 2.31. The molecule has 2 heterocycles. The first-order chi connectivity index (χ1) is 10.1. The van der Waals surface area contributed by atoms with E-state index in [1.165, 1.54) is 28.3 Å². The van der Waals surface area contributed by atoms with E-state index < -0.39 is 11.7 Å². The van der Waals surface area contributed by atoms with Crippen LogP contribution >= 0.6 is 22.9 Å². The second kappa shape index (κ2) is 5.31. The van der Waals surface area contributed by atoms with Crippen LogP contribution < -0.4 is 5.69 Å². The molecule has 0 saturated heterocycles. The number of carbonyl (C=O) groups is 1. The van der Waals surface area contributed by atoms with E-state index in [-0.39, 0.29) is 11.4 Å². The van der Waals surface area contributed by atoms with Crippen LogP contribution in [0.1, 0.15) is 15.2 Å². The second-order valence-corrected chi connectivity index (χ2v) is 5.88. The number of aromatic carboxylic acids is 1. The Labute approximate surface area is 128 Å². The average Bonchev–Trinajstić information content (AvgIpc) is 2.82. The molecule has 0 amide bonds. The summed E-state index contributed by atoms with van der Waals surface area (Å²) in [5, 5.41) is 10.5. The molecule has 0 bridgehead atoms. The van der Waals surface area contributed by atoms with Crippen molar-refractivity contribution >= 4 is 39.0 Å². The van der Waals surface area contributed by atoms with Gasteiger partial charge in [-0.1, -0.05) is 29.8 Å². The number of halogens is 1. The number of benzene rings is 1. The lowest BCUT2D eigenvalue weighted by Gasteiger charge is -2.06. The zero-order valence-corrected chi connectivity index (χ0v) is 12.2. The molecule has 0 saturated carbocycles. The monoisotopic (exact) mass is 320 g/mol. The SMILES string of the molecule is O=C(O)c1sc2ccccc2c1Cn1cc(Cl)cnc1=O. The molecule has 7 heteroatoms. The number of thiophene rings is 1. The fraction of sp³-hybridized carbons (Fsp3) is 0.0714. The molecule has 106 valence electrons. The van der Waals surface area contributed by atoms with Crippen molar-refractivity contribution in [1.29, 1.82) is 0 Å². The Balaban J connectivity index is 2.19. The van der Waals surface area contributed by atoms with Crippen molar-refractivity contribution in [3.05, 3.63) is 62.6 Å². The highest BCUT2D eigenvalue weighted by atomic mass is 35.5. The Morgan fingerprint density at radius 2 is 2.14 bits per heavy atom. The molecule has 21 heavy (non-hydrogen) atoms. The molecule has 3 aromatic rings. The smallest absolute Gasteiger partial charge is 0.347 e. The van der Waals surface area contributed by atoms with E-state index in [2.05, 4.69) is 4.98 Å². The van der Waals surface area contributed by atoms with Crippen LogP contribution in [0.2, 0.25) is 5.02 Å². The van der Waals surface area contributed by atoms with Gasteiger partial charge in [-0.2, -0.15) is 0 Å². The molecule has 0 atom stereocenters. The summed E-state index contributed by atoms with van der Waals surface area (Å²) in [7, 11) is 0. The van der Waals surface area contributed by atoms with Crippen LogP contribution in [0.4, 0.5) is 0 Å². The highest BCUT2D eigenvalue weighted by Gasteiger charge is 2.18. The van der Waals surface area contributed by atoms with Crippen LogP contribution in [-0.2, 0) is 6.54 Å². The molecule has 0 aliphatic rings. The zero-order chi connectivity index (χ0) is 15.0. The van der Waals surface area contributed by atoms with Crippen molar-refractivity contribution in [3.63, 3.8) is 0 Å². The lowest BCUT2D eigenvalue weighted by atomic mass is 10.1. The van der Waals surface area contributed by atoms with Crippen LogP contribution in [0, 0.1) is 0 Å². The molecule has 0 aliphatic carbocycles. The number of rotatable bonds is 3. The summed E-state index contributed by atoms with van der Waals surface area (Å²) in [5.41, 5.74) is 0.125. The largest absolute Gasteiger partial charge is 0.477 e. The Morgan fingerprint density at radius 3 is 2.90 bits per heavy atom. The summed E-state index contributed by atoms with van der Waals surface area (Å²) in [4.78, 5) is 27.0. The fourth-order valence-corrected chi connectivity index (χ4v) is 3.36. The van der Waals surface area contributed by atoms with Gasteiger partial charge in [0.25, 0.3) is 0 Å². The van der Waals surface area contributed by atoms with Crippen molar-refractivity contribution in [1.82, 2.24) is 9.55 Å². The number of carboxylic acids is 1. The van der Waals surface area contributed by atoms with Gasteiger partial charge in [-0.3, -0.25) is 4.57 Å². The number of hydrogen-bond acceptors (Lipinski definition) is 4. The lowest BCUT2D eigenvalue weighted by Crippen LogP contribution is -2.23. The fourth-order valence-electron chi connectivity index (χ4n) is 2.14. The molecule has 0 aliphatic heterocycles. The summed E-state index contributed by atoms with van der Waals surface area (Å²) < 4.78 is 2.18. The van der Waals surface area contributed by atoms with Gasteiger partial charge in [-0.15, -0.1) is 11.3 Å². The quantitative estimate of drug-likeness (QED) is 0.805. The number of fused-ring (bicyclic) bond motifs is 1. The number of carboxylic acid groups (broad SMARTS) is 1. The summed E-state index contributed by atoms with van der Waals surface area (Å²) in [6, 6.07) is 7.39.